The number of aromatic nitrogens is 1. The van der Waals surface area contributed by atoms with Gasteiger partial charge in [0.15, 0.2) is 12.4 Å². The largest absolute Gasteiger partial charge is 0.454 e. The van der Waals surface area contributed by atoms with Gasteiger partial charge in [0.25, 0.3) is 0 Å². The molecule has 0 unspecified atom stereocenters. The summed E-state index contributed by atoms with van der Waals surface area (Å²) in [5, 5.41) is 0.659. The number of fused-ring (bicyclic) bond motifs is 1. The topological polar surface area (TPSA) is 56.3 Å². The number of hydrogen-bond acceptors (Lipinski definition) is 4. The molecule has 0 bridgehead atoms. The Hall–Kier alpha value is -2.83. The minimum Gasteiger partial charge on any atom is -0.454 e. The molecule has 0 N–H and O–H groups in total. The van der Waals surface area contributed by atoms with Crippen LogP contribution >= 0.6 is 31.9 Å². The van der Waals surface area contributed by atoms with E-state index in [0.29, 0.717) is 27.7 Å². The van der Waals surface area contributed by atoms with E-state index < -0.39 is 5.97 Å². The molecule has 154 valence electrons. The molecule has 1 aromatic heterocycles. The Morgan fingerprint density at radius 1 is 0.871 bits per heavy atom. The summed E-state index contributed by atoms with van der Waals surface area (Å²) in [5.74, 6) is -0.830. The Bertz CT molecular complexity index is 1280. The molecule has 6 heteroatoms. The van der Waals surface area contributed by atoms with Crippen LogP contribution < -0.4 is 0 Å². The van der Waals surface area contributed by atoms with Gasteiger partial charge in [-0.3, -0.25) is 4.79 Å². The lowest BCUT2D eigenvalue weighted by Gasteiger charge is -2.11. The summed E-state index contributed by atoms with van der Waals surface area (Å²) in [6.07, 6.45) is 0. The van der Waals surface area contributed by atoms with Gasteiger partial charge < -0.3 is 4.74 Å². The normalized spacial score (nSPS) is 10.8. The minimum absolute atomic E-state index is 0.265. The van der Waals surface area contributed by atoms with E-state index >= 15 is 0 Å². The SMILES string of the molecule is Cc1ccc(-c2cc(C(=O)OCC(=O)c3ccc(Br)cc3)c3cc(Br)ccc3n2)cc1. The van der Waals surface area contributed by atoms with Crippen molar-refractivity contribution < 1.29 is 14.3 Å². The van der Waals surface area contributed by atoms with Crippen LogP contribution in [0.1, 0.15) is 26.3 Å². The third-order valence-corrected chi connectivity index (χ3v) is 5.86. The number of rotatable bonds is 5. The fraction of sp³-hybridized carbons (Fsp3) is 0.0800. The monoisotopic (exact) mass is 537 g/mol. The molecule has 0 radical (unpaired) electrons. The number of pyridine rings is 1. The van der Waals surface area contributed by atoms with Crippen LogP contribution in [0.25, 0.3) is 22.2 Å². The lowest BCUT2D eigenvalue weighted by Crippen LogP contribution is -2.15. The second-order valence-corrected chi connectivity index (χ2v) is 8.92. The first-order chi connectivity index (χ1) is 14.9. The lowest BCUT2D eigenvalue weighted by molar-refractivity contribution is 0.0476. The third-order valence-electron chi connectivity index (χ3n) is 4.84. The number of halogens is 2. The van der Waals surface area contributed by atoms with E-state index in [-0.39, 0.29) is 12.4 Å². The van der Waals surface area contributed by atoms with Crippen LogP contribution in [0.5, 0.6) is 0 Å². The molecule has 0 atom stereocenters. The van der Waals surface area contributed by atoms with Crippen LogP contribution in [-0.4, -0.2) is 23.3 Å². The highest BCUT2D eigenvalue weighted by Gasteiger charge is 2.17. The number of Topliss-reactive ketones (excluding diaryl/α,β-unsaturated/α-hetero) is 1. The fourth-order valence-electron chi connectivity index (χ4n) is 3.17. The maximum atomic E-state index is 13.0. The Labute approximate surface area is 196 Å². The number of hydrogen-bond donors (Lipinski definition) is 0. The molecule has 4 rings (SSSR count). The van der Waals surface area contributed by atoms with Crippen molar-refractivity contribution in [2.75, 3.05) is 6.61 Å². The first kappa shape index (κ1) is 21.4. The highest BCUT2D eigenvalue weighted by Crippen LogP contribution is 2.28. The predicted molar refractivity (Wildman–Crippen MR) is 128 cm³/mol. The lowest BCUT2D eigenvalue weighted by atomic mass is 10.0. The minimum atomic E-state index is -0.565. The zero-order chi connectivity index (χ0) is 22.0. The summed E-state index contributed by atoms with van der Waals surface area (Å²) in [6, 6.07) is 22.1. The Kier molecular flexibility index (Phi) is 6.30. The number of ether oxygens (including phenoxy) is 1. The van der Waals surface area contributed by atoms with E-state index in [0.717, 1.165) is 20.1 Å². The average Bonchev–Trinajstić information content (AvgIpc) is 2.77. The van der Waals surface area contributed by atoms with Gasteiger partial charge in [-0.25, -0.2) is 9.78 Å². The van der Waals surface area contributed by atoms with Gasteiger partial charge in [0.2, 0.25) is 0 Å². The highest BCUT2D eigenvalue weighted by molar-refractivity contribution is 9.10. The molecule has 0 aliphatic rings. The molecular weight excluding hydrogens is 522 g/mol. The molecule has 31 heavy (non-hydrogen) atoms. The van der Waals surface area contributed by atoms with Crippen LogP contribution in [0.2, 0.25) is 0 Å². The maximum Gasteiger partial charge on any atom is 0.339 e. The molecule has 0 spiro atoms. The zero-order valence-corrected chi connectivity index (χ0v) is 19.7. The van der Waals surface area contributed by atoms with Gasteiger partial charge in [0.1, 0.15) is 0 Å². The van der Waals surface area contributed by atoms with Crippen molar-refractivity contribution in [1.29, 1.82) is 0 Å². The van der Waals surface area contributed by atoms with E-state index in [1.165, 1.54) is 0 Å². The first-order valence-electron chi connectivity index (χ1n) is 9.54. The van der Waals surface area contributed by atoms with Crippen molar-refractivity contribution in [3.8, 4) is 11.3 Å². The first-order valence-corrected chi connectivity index (χ1v) is 11.1. The van der Waals surface area contributed by atoms with E-state index in [1.807, 2.05) is 49.4 Å². The van der Waals surface area contributed by atoms with Crippen LogP contribution in [0.15, 0.2) is 81.7 Å². The standard InChI is InChI=1S/C25H17Br2NO3/c1-15-2-4-16(5-3-15)23-13-21(20-12-19(27)10-11-22(20)28-23)25(30)31-14-24(29)17-6-8-18(26)9-7-17/h2-13H,14H2,1H3. The van der Waals surface area contributed by atoms with Crippen molar-refractivity contribution in [2.45, 2.75) is 6.92 Å². The number of carbonyl (C=O) groups excluding carboxylic acids is 2. The fourth-order valence-corrected chi connectivity index (χ4v) is 3.79. The molecule has 1 heterocycles. The highest BCUT2D eigenvalue weighted by atomic mass is 79.9. The van der Waals surface area contributed by atoms with Crippen LogP contribution in [-0.2, 0) is 4.74 Å². The average molecular weight is 539 g/mol. The van der Waals surface area contributed by atoms with Crippen molar-refractivity contribution in [2.24, 2.45) is 0 Å². The number of ketones is 1. The number of esters is 1. The van der Waals surface area contributed by atoms with E-state index in [2.05, 4.69) is 31.9 Å². The van der Waals surface area contributed by atoms with Gasteiger partial charge in [0, 0.05) is 25.5 Å². The molecule has 4 nitrogen and oxygen atoms in total. The van der Waals surface area contributed by atoms with Crippen LogP contribution in [0, 0.1) is 6.92 Å². The molecule has 0 saturated heterocycles. The summed E-state index contributed by atoms with van der Waals surface area (Å²) in [7, 11) is 0. The smallest absolute Gasteiger partial charge is 0.339 e. The molecule has 0 aliphatic heterocycles. The number of aryl methyl sites for hydroxylation is 1. The van der Waals surface area contributed by atoms with Crippen molar-refractivity contribution in [1.82, 2.24) is 4.98 Å². The molecule has 3 aromatic carbocycles. The zero-order valence-electron chi connectivity index (χ0n) is 16.6. The second kappa shape index (κ2) is 9.12. The van der Waals surface area contributed by atoms with Crippen LogP contribution in [0.4, 0.5) is 0 Å². The third kappa shape index (κ3) is 4.92. The van der Waals surface area contributed by atoms with Crippen molar-refractivity contribution in [3.05, 3.63) is 98.4 Å². The molecule has 4 aromatic rings. The summed E-state index contributed by atoms with van der Waals surface area (Å²) in [6.45, 7) is 1.68. The second-order valence-electron chi connectivity index (χ2n) is 7.09. The van der Waals surface area contributed by atoms with Gasteiger partial charge in [-0.2, -0.15) is 0 Å². The molecule has 0 fully saturated rings. The quantitative estimate of drug-likeness (QED) is 0.208. The van der Waals surface area contributed by atoms with Gasteiger partial charge >= 0.3 is 5.97 Å². The van der Waals surface area contributed by atoms with E-state index in [9.17, 15) is 9.59 Å². The molecule has 0 amide bonds. The van der Waals surface area contributed by atoms with Gasteiger partial charge in [-0.1, -0.05) is 73.8 Å². The summed E-state index contributed by atoms with van der Waals surface area (Å²) < 4.78 is 7.09. The Morgan fingerprint density at radius 2 is 1.55 bits per heavy atom. The van der Waals surface area contributed by atoms with Crippen molar-refractivity contribution in [3.63, 3.8) is 0 Å². The van der Waals surface area contributed by atoms with Crippen LogP contribution in [0.3, 0.4) is 0 Å². The number of carbonyl (C=O) groups is 2. The summed E-state index contributed by atoms with van der Waals surface area (Å²) >= 11 is 6.79. The molecular formula is C25H17Br2NO3. The maximum absolute atomic E-state index is 13.0. The summed E-state index contributed by atoms with van der Waals surface area (Å²) in [5.41, 5.74) is 4.23. The van der Waals surface area contributed by atoms with Gasteiger partial charge in [0.05, 0.1) is 16.8 Å². The predicted octanol–water partition coefficient (Wildman–Crippen LogP) is 6.77. The Balaban J connectivity index is 1.66. The van der Waals surface area contributed by atoms with E-state index in [1.54, 1.807) is 30.3 Å². The molecule has 0 saturated carbocycles. The number of nitrogens with zero attached hydrogens (tertiary/aromatic N) is 1. The van der Waals surface area contributed by atoms with Crippen molar-refractivity contribution >= 4 is 54.5 Å². The Morgan fingerprint density at radius 3 is 2.26 bits per heavy atom. The van der Waals surface area contributed by atoms with E-state index in [4.69, 9.17) is 9.72 Å². The molecule has 0 aliphatic carbocycles. The summed E-state index contributed by atoms with van der Waals surface area (Å²) in [4.78, 5) is 30.1. The van der Waals surface area contributed by atoms with Gasteiger partial charge in [-0.05, 0) is 43.3 Å². The number of benzene rings is 3. The van der Waals surface area contributed by atoms with Gasteiger partial charge in [-0.15, -0.1) is 0 Å².